The van der Waals surface area contributed by atoms with Crippen molar-refractivity contribution in [1.82, 2.24) is 15.2 Å². The number of methoxy groups -OCH3 is 1. The summed E-state index contributed by atoms with van der Waals surface area (Å²) in [6.45, 7) is 0.387. The van der Waals surface area contributed by atoms with Crippen LogP contribution >= 0.6 is 23.8 Å². The van der Waals surface area contributed by atoms with E-state index in [2.05, 4.69) is 15.6 Å². The zero-order chi connectivity index (χ0) is 25.8. The van der Waals surface area contributed by atoms with Gasteiger partial charge >= 0.3 is 0 Å². The number of amides is 1. The summed E-state index contributed by atoms with van der Waals surface area (Å²) >= 11 is 11.8. The van der Waals surface area contributed by atoms with Crippen LogP contribution < -0.4 is 15.4 Å². The van der Waals surface area contributed by atoms with E-state index in [4.69, 9.17) is 33.0 Å². The molecular formula is C28H25ClN4O3S. The van der Waals surface area contributed by atoms with Crippen molar-refractivity contribution in [1.29, 1.82) is 0 Å². The number of ether oxygens (including phenoxy) is 1. The summed E-state index contributed by atoms with van der Waals surface area (Å²) < 4.78 is 11.7. The molecule has 0 unspecified atom stereocenters. The summed E-state index contributed by atoms with van der Waals surface area (Å²) in [4.78, 5) is 19.4. The van der Waals surface area contributed by atoms with Crippen molar-refractivity contribution in [2.24, 2.45) is 0 Å². The molecule has 1 amide bonds. The number of nitrogens with zero attached hydrogens (tertiary/aromatic N) is 2. The number of para-hydroxylation sites is 2. The fourth-order valence-corrected chi connectivity index (χ4v) is 4.88. The van der Waals surface area contributed by atoms with Crippen LogP contribution in [-0.2, 0) is 4.79 Å². The molecule has 2 aromatic carbocycles. The summed E-state index contributed by atoms with van der Waals surface area (Å²) in [5.74, 6) is 1.90. The lowest BCUT2D eigenvalue weighted by molar-refractivity contribution is -0.116. The van der Waals surface area contributed by atoms with Crippen molar-refractivity contribution in [3.05, 3.63) is 102 Å². The first-order valence-corrected chi connectivity index (χ1v) is 12.6. The normalized spacial score (nSPS) is 16.9. The quantitative estimate of drug-likeness (QED) is 0.269. The molecule has 0 spiro atoms. The maximum atomic E-state index is 12.9. The molecule has 7 nitrogen and oxygen atoms in total. The molecule has 4 aromatic rings. The number of aromatic nitrogens is 1. The highest BCUT2D eigenvalue weighted by Crippen LogP contribution is 2.40. The molecule has 9 heteroatoms. The molecule has 0 saturated carbocycles. The predicted molar refractivity (Wildman–Crippen MR) is 148 cm³/mol. The molecule has 188 valence electrons. The highest BCUT2D eigenvalue weighted by molar-refractivity contribution is 7.80. The summed E-state index contributed by atoms with van der Waals surface area (Å²) in [6, 6.07) is 23.9. The molecule has 1 aliphatic rings. The Labute approximate surface area is 225 Å². The van der Waals surface area contributed by atoms with Crippen molar-refractivity contribution in [2.75, 3.05) is 19.0 Å². The molecule has 3 heterocycles. The summed E-state index contributed by atoms with van der Waals surface area (Å²) in [7, 11) is 1.57. The number of halogens is 1. The van der Waals surface area contributed by atoms with Crippen molar-refractivity contribution >= 4 is 40.5 Å². The zero-order valence-electron chi connectivity index (χ0n) is 20.1. The van der Waals surface area contributed by atoms with Crippen LogP contribution in [0.1, 0.15) is 30.0 Å². The number of rotatable bonds is 8. The Morgan fingerprint density at radius 2 is 1.89 bits per heavy atom. The molecular weight excluding hydrogens is 508 g/mol. The lowest BCUT2D eigenvalue weighted by atomic mass is 10.0. The second-order valence-corrected chi connectivity index (χ2v) is 9.35. The minimum Gasteiger partial charge on any atom is -0.495 e. The smallest absolute Gasteiger partial charge is 0.226 e. The first-order chi connectivity index (χ1) is 18.0. The lowest BCUT2D eigenvalue weighted by Gasteiger charge is -2.26. The third-order valence-corrected chi connectivity index (χ3v) is 6.81. The van der Waals surface area contributed by atoms with E-state index in [-0.39, 0.29) is 24.4 Å². The van der Waals surface area contributed by atoms with Gasteiger partial charge in [0.15, 0.2) is 5.11 Å². The van der Waals surface area contributed by atoms with E-state index in [0.29, 0.717) is 28.1 Å². The zero-order valence-corrected chi connectivity index (χ0v) is 21.6. The Bertz CT molecular complexity index is 1390. The van der Waals surface area contributed by atoms with E-state index in [1.54, 1.807) is 25.4 Å². The van der Waals surface area contributed by atoms with Crippen molar-refractivity contribution in [3.63, 3.8) is 0 Å². The third-order valence-electron chi connectivity index (χ3n) is 6.21. The van der Waals surface area contributed by atoms with Gasteiger partial charge in [0.1, 0.15) is 23.3 Å². The molecule has 2 aromatic heterocycles. The largest absolute Gasteiger partial charge is 0.495 e. The van der Waals surface area contributed by atoms with E-state index in [1.165, 1.54) is 0 Å². The number of carbonyl (C=O) groups is 1. The van der Waals surface area contributed by atoms with Crippen LogP contribution in [0.2, 0.25) is 5.02 Å². The number of furan rings is 1. The standard InChI is InChI=1S/C28H25ClN4O3S/c1-35-23-8-3-2-6-20(23)31-25(34)15-17-33-27(26(32-28(33)37)21-7-4-5-16-30-21)24-14-13-22(36-24)18-9-11-19(29)12-10-18/h2-14,16,26-27H,15,17H2,1H3,(H,31,34)(H,32,37)/t26-,27-/m1/s1. The van der Waals surface area contributed by atoms with Crippen LogP contribution in [0.5, 0.6) is 5.75 Å². The van der Waals surface area contributed by atoms with Gasteiger partial charge in [-0.25, -0.2) is 0 Å². The average molecular weight is 533 g/mol. The van der Waals surface area contributed by atoms with Gasteiger partial charge in [0.2, 0.25) is 5.91 Å². The number of pyridine rings is 1. The minimum absolute atomic E-state index is 0.145. The number of benzene rings is 2. The molecule has 0 aliphatic carbocycles. The van der Waals surface area contributed by atoms with E-state index in [0.717, 1.165) is 22.8 Å². The molecule has 2 N–H and O–H groups in total. The predicted octanol–water partition coefficient (Wildman–Crippen LogP) is 6.00. The van der Waals surface area contributed by atoms with E-state index < -0.39 is 0 Å². The average Bonchev–Trinajstić information content (AvgIpc) is 3.53. The number of hydrogen-bond donors (Lipinski definition) is 2. The first-order valence-electron chi connectivity index (χ1n) is 11.8. The number of hydrogen-bond acceptors (Lipinski definition) is 5. The topological polar surface area (TPSA) is 79.6 Å². The van der Waals surface area contributed by atoms with Gasteiger partial charge in [-0.2, -0.15) is 0 Å². The Kier molecular flexibility index (Phi) is 7.39. The second kappa shape index (κ2) is 11.0. The molecule has 5 rings (SSSR count). The van der Waals surface area contributed by atoms with Gasteiger partial charge < -0.3 is 24.7 Å². The fourth-order valence-electron chi connectivity index (χ4n) is 4.42. The van der Waals surface area contributed by atoms with E-state index in [1.807, 2.05) is 71.6 Å². The summed E-state index contributed by atoms with van der Waals surface area (Å²) in [5, 5.41) is 7.51. The number of nitrogens with one attached hydrogen (secondary N) is 2. The van der Waals surface area contributed by atoms with Crippen molar-refractivity contribution in [2.45, 2.75) is 18.5 Å². The molecule has 37 heavy (non-hydrogen) atoms. The van der Waals surface area contributed by atoms with E-state index in [9.17, 15) is 4.79 Å². The third kappa shape index (κ3) is 5.45. The van der Waals surface area contributed by atoms with Crippen LogP contribution in [0.15, 0.2) is 89.5 Å². The van der Waals surface area contributed by atoms with Crippen molar-refractivity contribution < 1.29 is 13.9 Å². The Morgan fingerprint density at radius 1 is 1.11 bits per heavy atom. The Hall–Kier alpha value is -3.88. The van der Waals surface area contributed by atoms with Gasteiger partial charge in [0, 0.05) is 29.7 Å². The van der Waals surface area contributed by atoms with Crippen LogP contribution in [0, 0.1) is 0 Å². The number of thiocarbonyl (C=S) groups is 1. The highest BCUT2D eigenvalue weighted by Gasteiger charge is 2.41. The van der Waals surface area contributed by atoms with Gasteiger partial charge in [0.25, 0.3) is 0 Å². The monoisotopic (exact) mass is 532 g/mol. The van der Waals surface area contributed by atoms with Gasteiger partial charge in [-0.05, 0) is 72.9 Å². The van der Waals surface area contributed by atoms with Gasteiger partial charge in [0.05, 0.1) is 24.5 Å². The van der Waals surface area contributed by atoms with Gasteiger partial charge in [-0.15, -0.1) is 0 Å². The Morgan fingerprint density at radius 3 is 2.65 bits per heavy atom. The van der Waals surface area contributed by atoms with Crippen LogP contribution in [0.4, 0.5) is 5.69 Å². The Balaban J connectivity index is 1.39. The molecule has 1 aliphatic heterocycles. The second-order valence-electron chi connectivity index (χ2n) is 8.53. The molecule has 1 saturated heterocycles. The van der Waals surface area contributed by atoms with Gasteiger partial charge in [-0.1, -0.05) is 29.8 Å². The fraction of sp³-hybridized carbons (Fsp3) is 0.179. The SMILES string of the molecule is COc1ccccc1NC(=O)CCN1C(=S)N[C@H](c2ccccn2)[C@H]1c1ccc(-c2ccc(Cl)cc2)o1. The van der Waals surface area contributed by atoms with Crippen LogP contribution in [0.3, 0.4) is 0 Å². The maximum Gasteiger partial charge on any atom is 0.226 e. The first kappa shape index (κ1) is 24.8. The highest BCUT2D eigenvalue weighted by atomic mass is 35.5. The number of carbonyl (C=O) groups excluding carboxylic acids is 1. The van der Waals surface area contributed by atoms with E-state index >= 15 is 0 Å². The summed E-state index contributed by atoms with van der Waals surface area (Å²) in [6.07, 6.45) is 1.97. The maximum absolute atomic E-state index is 12.9. The molecule has 1 fully saturated rings. The lowest BCUT2D eigenvalue weighted by Crippen LogP contribution is -2.32. The molecule has 0 bridgehead atoms. The van der Waals surface area contributed by atoms with Gasteiger partial charge in [-0.3, -0.25) is 9.78 Å². The molecule has 2 atom stereocenters. The number of anilines is 1. The minimum atomic E-state index is -0.289. The molecule has 0 radical (unpaired) electrons. The van der Waals surface area contributed by atoms with Crippen molar-refractivity contribution in [3.8, 4) is 17.1 Å². The van der Waals surface area contributed by atoms with Crippen LogP contribution in [0.25, 0.3) is 11.3 Å². The summed E-state index contributed by atoms with van der Waals surface area (Å²) in [5.41, 5.74) is 2.38. The van der Waals surface area contributed by atoms with Crippen LogP contribution in [-0.4, -0.2) is 34.6 Å².